The van der Waals surface area contributed by atoms with Gasteiger partial charge in [-0.05, 0) is 24.3 Å². The molecular weight excluding hydrogens is 385 g/mol. The second kappa shape index (κ2) is 9.99. The Morgan fingerprint density at radius 1 is 1.04 bits per heavy atom. The first kappa shape index (κ1) is 20.9. The number of anilines is 1. The topological polar surface area (TPSA) is 102 Å². The monoisotopic (exact) mass is 399 g/mol. The van der Waals surface area contributed by atoms with Crippen LogP contribution in [-0.2, 0) is 21.6 Å². The van der Waals surface area contributed by atoms with E-state index in [1.807, 2.05) is 30.3 Å². The van der Waals surface area contributed by atoms with E-state index < -0.39 is 7.82 Å². The molecule has 0 saturated carbocycles. The third kappa shape index (κ3) is 7.98. The molecule has 8 heteroatoms. The number of nitrogens with one attached hydrogen (secondary N) is 1. The summed E-state index contributed by atoms with van der Waals surface area (Å²) < 4.78 is 14.6. The molecule has 3 aromatic carbocycles. The predicted octanol–water partition coefficient (Wildman–Crippen LogP) is 2.27. The van der Waals surface area contributed by atoms with Gasteiger partial charge >= 0.3 is 17.1 Å². The van der Waals surface area contributed by atoms with E-state index in [1.165, 1.54) is 24.3 Å². The van der Waals surface area contributed by atoms with Gasteiger partial charge in [0.25, 0.3) is 0 Å². The maximum Gasteiger partial charge on any atom is 2.00 e. The van der Waals surface area contributed by atoms with Gasteiger partial charge in [-0.1, -0.05) is 5.56 Å². The minimum atomic E-state index is -5.06. The summed E-state index contributed by atoms with van der Waals surface area (Å²) in [6.45, 7) is 0. The molecule has 0 atom stereocenters. The second-order valence-electron chi connectivity index (χ2n) is 4.65. The first-order valence-corrected chi connectivity index (χ1v) is 8.41. The fourth-order valence-electron chi connectivity index (χ4n) is 1.78. The molecule has 0 aliphatic rings. The molecule has 1 N–H and O–H groups in total. The first-order chi connectivity index (χ1) is 11.4. The summed E-state index contributed by atoms with van der Waals surface area (Å²) in [4.78, 5) is 32.5. The van der Waals surface area contributed by atoms with Crippen LogP contribution in [-0.4, -0.2) is 5.91 Å². The van der Waals surface area contributed by atoms with Crippen LogP contribution in [0.1, 0.15) is 10.4 Å². The molecule has 0 heterocycles. The Hall–Kier alpha value is -2.14. The zero-order chi connectivity index (χ0) is 17.4. The number of carbonyl (C=O) groups excluding carboxylic acids is 1. The number of carbonyl (C=O) groups is 1. The van der Waals surface area contributed by atoms with E-state index in [0.29, 0.717) is 11.3 Å². The first-order valence-electron chi connectivity index (χ1n) is 6.95. The van der Waals surface area contributed by atoms with Crippen LogP contribution in [0.5, 0.6) is 5.75 Å². The molecule has 0 aliphatic heterocycles. The van der Waals surface area contributed by atoms with Gasteiger partial charge in [-0.25, -0.2) is 24.3 Å². The molecule has 0 radical (unpaired) electrons. The van der Waals surface area contributed by atoms with Gasteiger partial charge in [0.15, 0.2) is 5.91 Å². The van der Waals surface area contributed by atoms with E-state index in [9.17, 15) is 19.1 Å². The Balaban J connectivity index is 0.000000448. The maximum atomic E-state index is 11.7. The Bertz CT molecular complexity index is 762. The van der Waals surface area contributed by atoms with Gasteiger partial charge in [0.2, 0.25) is 0 Å². The minimum Gasteiger partial charge on any atom is -0.780 e. The molecule has 3 aromatic rings. The van der Waals surface area contributed by atoms with E-state index in [1.54, 1.807) is 24.3 Å². The summed E-state index contributed by atoms with van der Waals surface area (Å²) in [6.07, 6.45) is 0. The van der Waals surface area contributed by atoms with Crippen molar-refractivity contribution in [2.45, 2.75) is 0 Å². The summed E-state index contributed by atoms with van der Waals surface area (Å²) in [5.41, 5.74) is 0.981. The smallest absolute Gasteiger partial charge is 0.780 e. The van der Waals surface area contributed by atoms with Gasteiger partial charge in [-0.3, -0.25) is 4.79 Å². The number of hydrogen-bond donors (Lipinski definition) is 1. The van der Waals surface area contributed by atoms with E-state index in [0.717, 1.165) is 0 Å². The Kier molecular flexibility index (Phi) is 8.35. The molecule has 0 aliphatic carbocycles. The summed E-state index contributed by atoms with van der Waals surface area (Å²) >= 11 is 0. The van der Waals surface area contributed by atoms with Crippen molar-refractivity contribution in [2.24, 2.45) is 0 Å². The quantitative estimate of drug-likeness (QED) is 0.412. The fraction of sp³-hybridized carbons (Fsp3) is 0. The van der Waals surface area contributed by atoms with Crippen LogP contribution in [0, 0.1) is 0 Å². The normalized spacial score (nSPS) is 10.0. The van der Waals surface area contributed by atoms with E-state index in [2.05, 4.69) is 9.84 Å². The molecule has 25 heavy (non-hydrogen) atoms. The van der Waals surface area contributed by atoms with Crippen molar-refractivity contribution in [3.63, 3.8) is 0 Å². The summed E-state index contributed by atoms with van der Waals surface area (Å²) in [5, 5.41) is 2.61. The molecule has 0 saturated heterocycles. The van der Waals surface area contributed by atoms with Gasteiger partial charge in [-0.2, -0.15) is 30.3 Å². The number of amides is 1. The van der Waals surface area contributed by atoms with Crippen LogP contribution in [0.2, 0.25) is 0 Å². The SMILES string of the molecule is O=C(Nc1ccc(OP(=O)([O-])[O-])cc1)[c-]1cccc1.[Fe+2].c1cc[cH-]c1. The summed E-state index contributed by atoms with van der Waals surface area (Å²) in [5.74, 6) is -0.378. The maximum absolute atomic E-state index is 11.7. The molecule has 1 amide bonds. The molecule has 6 nitrogen and oxygen atoms in total. The molecule has 3 rings (SSSR count). The van der Waals surface area contributed by atoms with E-state index in [4.69, 9.17) is 0 Å². The Morgan fingerprint density at radius 2 is 1.60 bits per heavy atom. The molecular formula is C17H14FeNO5P-2. The van der Waals surface area contributed by atoms with E-state index >= 15 is 0 Å². The standard InChI is InChI=1S/C12H11NO5P.C5H5.Fe/c14-12(9-3-1-2-4-9)13-10-5-7-11(8-6-10)18-19(15,16)17;1-2-4-5-3-1;/h1-8H,(H,13,14)(H2,15,16,17);1-5H;/q2*-1;+2/p-2. The Labute approximate surface area is 155 Å². The zero-order valence-corrected chi connectivity index (χ0v) is 14.8. The van der Waals surface area contributed by atoms with Crippen molar-refractivity contribution in [1.29, 1.82) is 0 Å². The van der Waals surface area contributed by atoms with Crippen molar-refractivity contribution in [3.8, 4) is 5.75 Å². The Morgan fingerprint density at radius 3 is 2.04 bits per heavy atom. The van der Waals surface area contributed by atoms with Crippen LogP contribution < -0.4 is 19.6 Å². The fourth-order valence-corrected chi connectivity index (χ4v) is 2.16. The average Bonchev–Trinajstić information content (AvgIpc) is 3.24. The molecule has 0 unspecified atom stereocenters. The second-order valence-corrected chi connectivity index (χ2v) is 5.73. The predicted molar refractivity (Wildman–Crippen MR) is 86.7 cm³/mol. The van der Waals surface area contributed by atoms with Crippen molar-refractivity contribution in [2.75, 3.05) is 5.32 Å². The molecule has 0 aromatic heterocycles. The summed E-state index contributed by atoms with van der Waals surface area (Å²) in [7, 11) is -5.06. The molecule has 132 valence electrons. The van der Waals surface area contributed by atoms with Crippen LogP contribution in [0.4, 0.5) is 5.69 Å². The molecule has 0 bridgehead atoms. The number of phosphoric acid groups is 1. The minimum absolute atomic E-state index is 0. The van der Waals surface area contributed by atoms with Gasteiger partial charge in [0, 0.05) is 5.69 Å². The van der Waals surface area contributed by atoms with Gasteiger partial charge in [0.05, 0.1) is 0 Å². The van der Waals surface area contributed by atoms with Crippen LogP contribution in [0.25, 0.3) is 0 Å². The zero-order valence-electron chi connectivity index (χ0n) is 12.8. The van der Waals surface area contributed by atoms with Gasteiger partial charge < -0.3 is 24.2 Å². The largest absolute Gasteiger partial charge is 2.00 e. The van der Waals surface area contributed by atoms with Gasteiger partial charge in [-0.15, -0.1) is 0 Å². The number of benzene rings is 1. The van der Waals surface area contributed by atoms with Crippen LogP contribution in [0.15, 0.2) is 78.9 Å². The van der Waals surface area contributed by atoms with E-state index in [-0.39, 0.29) is 28.7 Å². The van der Waals surface area contributed by atoms with Crippen molar-refractivity contribution in [3.05, 3.63) is 84.4 Å². The third-order valence-electron chi connectivity index (χ3n) is 2.81. The van der Waals surface area contributed by atoms with Gasteiger partial charge in [0.1, 0.15) is 13.6 Å². The average molecular weight is 399 g/mol. The van der Waals surface area contributed by atoms with Crippen molar-refractivity contribution >= 4 is 19.4 Å². The van der Waals surface area contributed by atoms with Crippen LogP contribution in [0.3, 0.4) is 0 Å². The third-order valence-corrected chi connectivity index (χ3v) is 3.24. The van der Waals surface area contributed by atoms with Crippen molar-refractivity contribution < 1.29 is 40.7 Å². The van der Waals surface area contributed by atoms with Crippen molar-refractivity contribution in [1.82, 2.24) is 0 Å². The number of phosphoric ester groups is 1. The summed E-state index contributed by atoms with van der Waals surface area (Å²) in [6, 6.07) is 22.2. The molecule has 0 spiro atoms. The molecule has 0 fully saturated rings. The number of hydrogen-bond acceptors (Lipinski definition) is 5. The van der Waals surface area contributed by atoms with Crippen LogP contribution >= 0.6 is 7.82 Å². The number of rotatable bonds is 4.